The topological polar surface area (TPSA) is 49.7 Å². The summed E-state index contributed by atoms with van der Waals surface area (Å²) in [6.45, 7) is -0.226. The van der Waals surface area contributed by atoms with E-state index in [1.807, 2.05) is 18.2 Å². The molecule has 0 radical (unpaired) electrons. The van der Waals surface area contributed by atoms with Crippen LogP contribution < -0.4 is 0 Å². The van der Waals surface area contributed by atoms with Gasteiger partial charge in [-0.1, -0.05) is 42.2 Å². The van der Waals surface area contributed by atoms with Gasteiger partial charge in [-0.3, -0.25) is 0 Å². The minimum Gasteiger partial charge on any atom is -0.376 e. The molecule has 0 heterocycles. The molecule has 1 aromatic carbocycles. The second-order valence-corrected chi connectivity index (χ2v) is 2.61. The monoisotopic (exact) mass is 192 g/mol. The molecular weight excluding hydrogens is 180 g/mol. The van der Waals surface area contributed by atoms with Crippen molar-refractivity contribution in [2.75, 3.05) is 13.4 Å². The van der Waals surface area contributed by atoms with E-state index in [0.29, 0.717) is 0 Å². The van der Waals surface area contributed by atoms with Gasteiger partial charge in [0.25, 0.3) is 0 Å². The minimum atomic E-state index is -0.793. The molecule has 0 saturated carbocycles. The van der Waals surface area contributed by atoms with Crippen molar-refractivity contribution in [2.45, 2.75) is 6.10 Å². The van der Waals surface area contributed by atoms with Gasteiger partial charge in [0.2, 0.25) is 0 Å². The Labute approximate surface area is 83.0 Å². The van der Waals surface area contributed by atoms with Gasteiger partial charge in [-0.15, -0.1) is 0 Å². The van der Waals surface area contributed by atoms with Gasteiger partial charge in [-0.2, -0.15) is 0 Å². The molecule has 1 atom stereocenters. The number of hydrogen-bond acceptors (Lipinski definition) is 3. The van der Waals surface area contributed by atoms with Crippen LogP contribution in [0.5, 0.6) is 0 Å². The molecule has 0 spiro atoms. The van der Waals surface area contributed by atoms with Crippen LogP contribution in [-0.2, 0) is 4.74 Å². The smallest absolute Gasteiger partial charge is 0.144 e. The van der Waals surface area contributed by atoms with Crippen LogP contribution >= 0.6 is 0 Å². The summed E-state index contributed by atoms with van der Waals surface area (Å²) in [7, 11) is 0. The fourth-order valence-electron chi connectivity index (χ4n) is 0.954. The first-order valence-electron chi connectivity index (χ1n) is 4.24. The van der Waals surface area contributed by atoms with Gasteiger partial charge < -0.3 is 14.9 Å². The lowest BCUT2D eigenvalue weighted by molar-refractivity contribution is 0.0155. The molecule has 3 heteroatoms. The number of hydrogen-bond donors (Lipinski definition) is 2. The Hall–Kier alpha value is -1.34. The van der Waals surface area contributed by atoms with E-state index in [9.17, 15) is 5.11 Å². The molecule has 1 unspecified atom stereocenters. The van der Waals surface area contributed by atoms with Crippen LogP contribution in [0.1, 0.15) is 11.7 Å². The zero-order valence-corrected chi connectivity index (χ0v) is 7.68. The molecule has 0 aliphatic rings. The number of aliphatic hydroxyl groups is 2. The van der Waals surface area contributed by atoms with E-state index in [4.69, 9.17) is 5.11 Å². The average molecular weight is 192 g/mol. The zero-order chi connectivity index (χ0) is 10.2. The van der Waals surface area contributed by atoms with Gasteiger partial charge in [0.15, 0.2) is 0 Å². The molecule has 74 valence electrons. The fourth-order valence-corrected chi connectivity index (χ4v) is 0.954. The number of benzene rings is 1. The van der Waals surface area contributed by atoms with E-state index in [-0.39, 0.29) is 13.4 Å². The Morgan fingerprint density at radius 1 is 1.29 bits per heavy atom. The van der Waals surface area contributed by atoms with Gasteiger partial charge in [0.1, 0.15) is 19.5 Å². The van der Waals surface area contributed by atoms with Gasteiger partial charge in [0.05, 0.1) is 0 Å². The number of aliphatic hydroxyl groups excluding tert-OH is 2. The highest BCUT2D eigenvalue weighted by atomic mass is 16.6. The van der Waals surface area contributed by atoms with Crippen LogP contribution in [0.25, 0.3) is 0 Å². The van der Waals surface area contributed by atoms with E-state index in [2.05, 4.69) is 16.6 Å². The predicted octanol–water partition coefficient (Wildman–Crippen LogP) is 0.690. The molecule has 0 bridgehead atoms. The van der Waals surface area contributed by atoms with Crippen molar-refractivity contribution in [2.24, 2.45) is 0 Å². The summed E-state index contributed by atoms with van der Waals surface area (Å²) in [5.74, 6) is 5.21. The second-order valence-electron chi connectivity index (χ2n) is 2.61. The normalized spacial score (nSPS) is 11.6. The Morgan fingerprint density at radius 3 is 2.64 bits per heavy atom. The lowest BCUT2D eigenvalue weighted by Crippen LogP contribution is -1.95. The highest BCUT2D eigenvalue weighted by Gasteiger charge is 2.00. The van der Waals surface area contributed by atoms with Crippen LogP contribution in [0.3, 0.4) is 0 Å². The second kappa shape index (κ2) is 6.17. The maximum atomic E-state index is 9.53. The fraction of sp³-hybridized carbons (Fsp3) is 0.273. The van der Waals surface area contributed by atoms with Crippen molar-refractivity contribution in [1.29, 1.82) is 0 Å². The third-order valence-corrected chi connectivity index (χ3v) is 1.62. The standard InChI is InChI=1S/C11H12O3/c12-9-14-8-4-7-11(13)10-5-2-1-3-6-10/h1-3,5-6,11-13H,8-9H2. The first-order chi connectivity index (χ1) is 6.84. The van der Waals surface area contributed by atoms with Crippen LogP contribution in [0.15, 0.2) is 30.3 Å². The minimum absolute atomic E-state index is 0.125. The van der Waals surface area contributed by atoms with Crippen molar-refractivity contribution in [1.82, 2.24) is 0 Å². The largest absolute Gasteiger partial charge is 0.376 e. The third kappa shape index (κ3) is 3.58. The quantitative estimate of drug-likeness (QED) is 0.421. The first-order valence-corrected chi connectivity index (χ1v) is 4.24. The summed E-state index contributed by atoms with van der Waals surface area (Å²) in [4.78, 5) is 0. The molecule has 0 saturated heterocycles. The van der Waals surface area contributed by atoms with Gasteiger partial charge in [-0.05, 0) is 5.56 Å². The lowest BCUT2D eigenvalue weighted by Gasteiger charge is -2.01. The SMILES string of the molecule is OCOCC#CC(O)c1ccccc1. The van der Waals surface area contributed by atoms with Gasteiger partial charge >= 0.3 is 0 Å². The van der Waals surface area contributed by atoms with E-state index in [1.54, 1.807) is 12.1 Å². The number of ether oxygens (including phenoxy) is 1. The zero-order valence-electron chi connectivity index (χ0n) is 7.68. The summed E-state index contributed by atoms with van der Waals surface area (Å²) in [6, 6.07) is 9.14. The molecule has 3 nitrogen and oxygen atoms in total. The Balaban J connectivity index is 2.49. The Morgan fingerprint density at radius 2 is 2.00 bits per heavy atom. The molecule has 0 aliphatic carbocycles. The maximum absolute atomic E-state index is 9.53. The summed E-state index contributed by atoms with van der Waals surface area (Å²) in [5, 5.41) is 17.8. The van der Waals surface area contributed by atoms with Crippen molar-refractivity contribution in [3.8, 4) is 11.8 Å². The van der Waals surface area contributed by atoms with Crippen molar-refractivity contribution in [3.63, 3.8) is 0 Å². The molecule has 0 fully saturated rings. The highest BCUT2D eigenvalue weighted by molar-refractivity contribution is 5.24. The Bertz CT molecular complexity index is 310. The predicted molar refractivity (Wildman–Crippen MR) is 52.2 cm³/mol. The summed E-state index contributed by atoms with van der Waals surface area (Å²) in [5.41, 5.74) is 0.754. The van der Waals surface area contributed by atoms with E-state index in [0.717, 1.165) is 5.56 Å². The van der Waals surface area contributed by atoms with E-state index < -0.39 is 6.10 Å². The molecule has 1 rings (SSSR count). The highest BCUT2D eigenvalue weighted by Crippen LogP contribution is 2.09. The first kappa shape index (κ1) is 10.7. The Kier molecular flexibility index (Phi) is 4.73. The number of rotatable bonds is 3. The molecule has 1 aromatic rings. The molecule has 0 aromatic heterocycles. The molecule has 0 amide bonds. The summed E-state index contributed by atoms with van der Waals surface area (Å²) < 4.78 is 4.59. The third-order valence-electron chi connectivity index (χ3n) is 1.62. The van der Waals surface area contributed by atoms with E-state index in [1.165, 1.54) is 0 Å². The maximum Gasteiger partial charge on any atom is 0.144 e. The van der Waals surface area contributed by atoms with Crippen LogP contribution in [0, 0.1) is 11.8 Å². The van der Waals surface area contributed by atoms with Gasteiger partial charge in [-0.25, -0.2) is 0 Å². The van der Waals surface area contributed by atoms with Crippen molar-refractivity contribution in [3.05, 3.63) is 35.9 Å². The lowest BCUT2D eigenvalue weighted by atomic mass is 10.1. The molecular formula is C11H12O3. The van der Waals surface area contributed by atoms with Crippen LogP contribution in [0.4, 0.5) is 0 Å². The molecule has 0 aliphatic heterocycles. The van der Waals surface area contributed by atoms with Gasteiger partial charge in [0, 0.05) is 0 Å². The molecule has 14 heavy (non-hydrogen) atoms. The average Bonchev–Trinajstić information content (AvgIpc) is 2.25. The van der Waals surface area contributed by atoms with Crippen molar-refractivity contribution >= 4 is 0 Å². The van der Waals surface area contributed by atoms with Crippen molar-refractivity contribution < 1.29 is 14.9 Å². The van der Waals surface area contributed by atoms with Crippen LogP contribution in [0.2, 0.25) is 0 Å². The summed E-state index contributed by atoms with van der Waals surface area (Å²) in [6.07, 6.45) is -0.793. The summed E-state index contributed by atoms with van der Waals surface area (Å²) >= 11 is 0. The van der Waals surface area contributed by atoms with Crippen LogP contribution in [-0.4, -0.2) is 23.6 Å². The van der Waals surface area contributed by atoms with E-state index >= 15 is 0 Å². The molecule has 2 N–H and O–H groups in total.